The molecule has 0 bridgehead atoms. The number of nitrogens with one attached hydrogen (secondary N) is 2. The lowest BCUT2D eigenvalue weighted by atomic mass is 10.1. The molecule has 6 aromatic rings. The molecule has 1 heterocycles. The quantitative estimate of drug-likeness (QED) is 0.00969. The molecule has 40 heteroatoms. The van der Waals surface area contributed by atoms with E-state index in [1.165, 1.54) is 18.2 Å². The van der Waals surface area contributed by atoms with Crippen LogP contribution in [0.3, 0.4) is 0 Å². The third-order valence-electron chi connectivity index (χ3n) is 9.18. The average molecular weight is 1200 g/mol. The Kier molecular flexibility index (Phi) is 17.7. The highest BCUT2D eigenvalue weighted by molar-refractivity contribution is 7.94. The van der Waals surface area contributed by atoms with Gasteiger partial charge in [-0.15, -0.1) is 19.7 Å². The number of halogens is 1. The van der Waals surface area contributed by atoms with Gasteiger partial charge in [0.05, 0.1) is 68.2 Å². The Morgan fingerprint density at radius 1 is 0.627 bits per heavy atom. The zero-order valence-corrected chi connectivity index (χ0v) is 43.0. The summed E-state index contributed by atoms with van der Waals surface area (Å²) < 4.78 is 195. The minimum absolute atomic E-state index is 0.0689. The molecule has 5 aromatic carbocycles. The molecule has 0 aliphatic carbocycles. The van der Waals surface area contributed by atoms with Crippen LogP contribution < -0.4 is 16.4 Å². The van der Waals surface area contributed by atoms with Crippen LogP contribution in [0, 0.1) is 0 Å². The summed E-state index contributed by atoms with van der Waals surface area (Å²) in [4.78, 5) is 9.07. The van der Waals surface area contributed by atoms with Gasteiger partial charge in [0.25, 0.3) is 20.2 Å². The molecule has 6 rings (SSSR count). The normalized spacial score (nSPS) is 13.0. The van der Waals surface area contributed by atoms with Crippen molar-refractivity contribution in [2.24, 2.45) is 20.5 Å². The molecule has 0 atom stereocenters. The first-order valence-corrected chi connectivity index (χ1v) is 29.4. The molecule has 0 radical (unpaired) electrons. The molecule has 0 aliphatic heterocycles. The molecule has 0 saturated heterocycles. The molecule has 10 N–H and O–H groups in total. The van der Waals surface area contributed by atoms with Gasteiger partial charge in [-0.1, -0.05) is 11.1 Å². The summed E-state index contributed by atoms with van der Waals surface area (Å²) in [6.45, 7) is -1.82. The molecule has 402 valence electrons. The van der Waals surface area contributed by atoms with E-state index < -0.39 is 134 Å². The van der Waals surface area contributed by atoms with Crippen LogP contribution in [0.2, 0.25) is 5.28 Å². The molecular formula is C35H31ClN10O22S7. The van der Waals surface area contributed by atoms with Crippen molar-refractivity contribution in [2.45, 2.75) is 24.5 Å². The zero-order chi connectivity index (χ0) is 55.3. The smallest absolute Gasteiger partial charge is 0.397 e. The summed E-state index contributed by atoms with van der Waals surface area (Å²) in [5.41, 5.74) is 3.34. The number of anilines is 5. The van der Waals surface area contributed by atoms with Gasteiger partial charge in [-0.3, -0.25) is 18.2 Å². The molecule has 75 heavy (non-hydrogen) atoms. The average Bonchev–Trinajstić information content (AvgIpc) is 3.28. The molecule has 0 amide bonds. The first-order chi connectivity index (χ1) is 34.8. The molecular weight excluding hydrogens is 1170 g/mol. The monoisotopic (exact) mass is 1200 g/mol. The molecule has 32 nitrogen and oxygen atoms in total. The summed E-state index contributed by atoms with van der Waals surface area (Å²) in [6.07, 6.45) is 0. The molecule has 0 spiro atoms. The summed E-state index contributed by atoms with van der Waals surface area (Å²) in [5, 5.41) is 43.9. The van der Waals surface area contributed by atoms with Gasteiger partial charge in [0.2, 0.25) is 17.2 Å². The number of hydrogen-bond donors (Lipinski definition) is 9. The molecule has 0 unspecified atom stereocenters. The predicted molar refractivity (Wildman–Crippen MR) is 258 cm³/mol. The number of rotatable bonds is 23. The van der Waals surface area contributed by atoms with Crippen LogP contribution in [-0.4, -0.2) is 119 Å². The Labute approximate surface area is 432 Å². The third kappa shape index (κ3) is 15.7. The molecule has 0 aliphatic rings. The van der Waals surface area contributed by atoms with Gasteiger partial charge in [-0.25, -0.2) is 30.5 Å². The SMILES string of the molecule is Nc1c(N=Nc2ccc(S(=O)(=O)CCOS(=O)(=O)O)cc2)c(S(=O)(=O)O)cc2cc(SOOO)c(N=Nc3cc(Nc4nc(Cl)nc(Nc5cccc(S(=O)(=O)CCOS(=O)(=O)O)c5)n4)ccc3S(=O)(=O)O)c(O)c12. The van der Waals surface area contributed by atoms with E-state index in [1.807, 2.05) is 0 Å². The van der Waals surface area contributed by atoms with Crippen LogP contribution in [0.1, 0.15) is 0 Å². The maximum atomic E-state index is 12.8. The number of benzene rings is 5. The van der Waals surface area contributed by atoms with E-state index in [9.17, 15) is 64.7 Å². The van der Waals surface area contributed by atoms with Gasteiger partial charge < -0.3 is 21.5 Å². The second kappa shape index (κ2) is 22.9. The first-order valence-electron chi connectivity index (χ1n) is 19.4. The Bertz CT molecular complexity index is 3970. The van der Waals surface area contributed by atoms with E-state index in [0.29, 0.717) is 0 Å². The highest BCUT2D eigenvalue weighted by Gasteiger charge is 2.27. The van der Waals surface area contributed by atoms with E-state index >= 15 is 0 Å². The summed E-state index contributed by atoms with van der Waals surface area (Å²) in [5.74, 6) is -3.31. The standard InChI is InChI=1S/C35H31ClN10O22S7/c36-33-40-34(38-20-2-1-3-23(16-20)71(51,52)13-11-66-75(62,63)64)42-35(41-33)39-21-6-9-26(72(53,54)55)24(17-21)44-45-30-25(69-68-67-48)14-18-15-27(73(56,57)58)31(29(37)28(18)32(30)47)46-43-19-4-7-22(8-5-19)70(49,50)12-10-65-74(59,60)61/h1-9,14-17,47-48H,10-13,37H2,(H,53,54,55)(H,56,57,58)(H,59,60,61)(H,62,63,64)(H2,38,39,40,41,42). The first kappa shape index (κ1) is 58.0. The number of sulfone groups is 2. The second-order valence-electron chi connectivity index (χ2n) is 14.2. The number of nitrogens with zero attached hydrogens (tertiary/aromatic N) is 7. The van der Waals surface area contributed by atoms with Gasteiger partial charge >= 0.3 is 20.8 Å². The fourth-order valence-electron chi connectivity index (χ4n) is 6.07. The number of fused-ring (bicyclic) bond motifs is 1. The van der Waals surface area contributed by atoms with Crippen LogP contribution in [0.4, 0.5) is 51.7 Å². The zero-order valence-electron chi connectivity index (χ0n) is 36.5. The maximum Gasteiger partial charge on any atom is 0.397 e. The Balaban J connectivity index is 1.35. The number of phenols is 1. The largest absolute Gasteiger partial charge is 0.505 e. The number of nitrogen functional groups attached to an aromatic ring is 1. The lowest BCUT2D eigenvalue weighted by Crippen LogP contribution is -2.15. The minimum atomic E-state index is -5.24. The van der Waals surface area contributed by atoms with Gasteiger partial charge in [-0.05, 0) is 89.8 Å². The lowest BCUT2D eigenvalue weighted by molar-refractivity contribution is -0.432. The van der Waals surface area contributed by atoms with Crippen molar-refractivity contribution in [2.75, 3.05) is 41.1 Å². The highest BCUT2D eigenvalue weighted by atomic mass is 35.5. The fraction of sp³-hybridized carbons (Fsp3) is 0.114. The maximum absolute atomic E-state index is 12.8. The van der Waals surface area contributed by atoms with Crippen molar-refractivity contribution in [3.63, 3.8) is 0 Å². The lowest BCUT2D eigenvalue weighted by Gasteiger charge is -2.14. The summed E-state index contributed by atoms with van der Waals surface area (Å²) in [6, 6.07) is 13.9. The van der Waals surface area contributed by atoms with Crippen molar-refractivity contribution < 1.29 is 96.8 Å². The van der Waals surface area contributed by atoms with Crippen molar-refractivity contribution in [1.29, 1.82) is 0 Å². The van der Waals surface area contributed by atoms with E-state index in [-0.39, 0.29) is 61.1 Å². The Morgan fingerprint density at radius 3 is 1.75 bits per heavy atom. The minimum Gasteiger partial charge on any atom is -0.505 e. The van der Waals surface area contributed by atoms with E-state index in [0.717, 1.165) is 60.7 Å². The number of phenolic OH excluding ortho intramolecular Hbond substituents is 1. The number of aromatic nitrogens is 3. The van der Waals surface area contributed by atoms with Gasteiger partial charge in [-0.2, -0.15) is 53.7 Å². The molecule has 0 fully saturated rings. The van der Waals surface area contributed by atoms with E-state index in [4.69, 9.17) is 31.7 Å². The van der Waals surface area contributed by atoms with E-state index in [2.05, 4.69) is 63.8 Å². The Morgan fingerprint density at radius 2 is 1.19 bits per heavy atom. The van der Waals surface area contributed by atoms with Crippen LogP contribution >= 0.6 is 23.6 Å². The van der Waals surface area contributed by atoms with Crippen molar-refractivity contribution in [3.8, 4) is 5.75 Å². The van der Waals surface area contributed by atoms with Crippen molar-refractivity contribution in [1.82, 2.24) is 15.0 Å². The fourth-order valence-corrected chi connectivity index (χ4v) is 11.0. The van der Waals surface area contributed by atoms with Gasteiger partial charge in [0, 0.05) is 11.4 Å². The Hall–Kier alpha value is -6.25. The van der Waals surface area contributed by atoms with Crippen molar-refractivity contribution >= 4 is 147 Å². The number of aromatic hydroxyl groups is 1. The number of azo groups is 2. The van der Waals surface area contributed by atoms with Crippen LogP contribution in [0.15, 0.2) is 124 Å². The van der Waals surface area contributed by atoms with Gasteiger partial charge in [0.15, 0.2) is 25.4 Å². The van der Waals surface area contributed by atoms with Gasteiger partial charge in [0.1, 0.15) is 26.9 Å². The van der Waals surface area contributed by atoms with E-state index in [1.54, 1.807) is 0 Å². The van der Waals surface area contributed by atoms with Crippen LogP contribution in [-0.2, 0) is 78.4 Å². The predicted octanol–water partition coefficient (Wildman–Crippen LogP) is 5.39. The topological polar surface area (TPSA) is 501 Å². The summed E-state index contributed by atoms with van der Waals surface area (Å²) in [7, 11) is -28.5. The number of nitrogens with two attached hydrogens (primary N) is 1. The van der Waals surface area contributed by atoms with Crippen molar-refractivity contribution in [3.05, 3.63) is 84.1 Å². The molecule has 0 saturated carbocycles. The summed E-state index contributed by atoms with van der Waals surface area (Å²) >= 11 is 6.25. The highest BCUT2D eigenvalue weighted by Crippen LogP contribution is 2.50. The molecule has 1 aromatic heterocycles. The number of hydrogen-bond acceptors (Lipinski definition) is 29. The van der Waals surface area contributed by atoms with Crippen LogP contribution in [0.25, 0.3) is 10.8 Å². The second-order valence-corrected chi connectivity index (χ2v) is 24.5. The van der Waals surface area contributed by atoms with Crippen LogP contribution in [0.5, 0.6) is 5.75 Å². The third-order valence-corrected chi connectivity index (χ3v) is 16.0.